The van der Waals surface area contributed by atoms with Gasteiger partial charge in [0, 0.05) is 17.3 Å². The van der Waals surface area contributed by atoms with Gasteiger partial charge in [-0.3, -0.25) is 4.99 Å². The molecule has 0 aliphatic heterocycles. The number of benzene rings is 5. The van der Waals surface area contributed by atoms with Crippen LogP contribution in [0.2, 0.25) is 0 Å². The first kappa shape index (κ1) is 29.8. The Hall–Kier alpha value is -5.27. The van der Waals surface area contributed by atoms with Gasteiger partial charge in [0.2, 0.25) is 0 Å². The second kappa shape index (κ2) is 12.8. The number of hydrogen-bond acceptors (Lipinski definition) is 1. The number of rotatable bonds is 7. The molecule has 5 aromatic carbocycles. The van der Waals surface area contributed by atoms with Crippen LogP contribution in [0.3, 0.4) is 0 Å². The number of hydrogen-bond donors (Lipinski definition) is 0. The Balaban J connectivity index is 1.24. The summed E-state index contributed by atoms with van der Waals surface area (Å²) in [5, 5.41) is 2.53. The molecule has 6 rings (SSSR count). The molecule has 0 saturated carbocycles. The summed E-state index contributed by atoms with van der Waals surface area (Å²) in [7, 11) is 0. The number of allylic oxidation sites excluding steroid dienone is 9. The fourth-order valence-corrected chi connectivity index (χ4v) is 6.42. The summed E-state index contributed by atoms with van der Waals surface area (Å²) in [6.07, 6.45) is 12.4. The van der Waals surface area contributed by atoms with Crippen LogP contribution in [0.1, 0.15) is 44.4 Å². The van der Waals surface area contributed by atoms with Crippen molar-refractivity contribution in [1.82, 2.24) is 0 Å². The molecule has 0 amide bonds. The predicted molar refractivity (Wildman–Crippen MR) is 196 cm³/mol. The summed E-state index contributed by atoms with van der Waals surface area (Å²) in [5.74, 6) is 0. The van der Waals surface area contributed by atoms with Gasteiger partial charge in [-0.05, 0) is 105 Å². The van der Waals surface area contributed by atoms with E-state index in [0.29, 0.717) is 0 Å². The standard InChI is InChI=1S/C44H39N/c1-6-32(35-19-21-36(22-20-35)33-13-9-8-10-14-33)18-17-31(3)45-28-27-41-40-26-25-39(30-43(40)44(4,5)42(41)7-2)38-24-23-34-15-11-12-16-37(34)29-38/h6-30H,1H2,2-5H3/b31-17+,32-18+,41-27-,42-7+,45-28+. The van der Waals surface area contributed by atoms with Gasteiger partial charge in [-0.15, -0.1) is 0 Å². The van der Waals surface area contributed by atoms with Gasteiger partial charge < -0.3 is 0 Å². The molecule has 5 aromatic rings. The minimum Gasteiger partial charge on any atom is -0.262 e. The molecule has 0 spiro atoms. The van der Waals surface area contributed by atoms with Crippen molar-refractivity contribution < 1.29 is 0 Å². The minimum atomic E-state index is -0.0981. The third-order valence-electron chi connectivity index (χ3n) is 8.89. The number of aliphatic imine (C=N–C) groups is 1. The monoisotopic (exact) mass is 581 g/mol. The van der Waals surface area contributed by atoms with Gasteiger partial charge in [0.15, 0.2) is 0 Å². The molecule has 1 nitrogen and oxygen atoms in total. The Morgan fingerprint density at radius 1 is 0.689 bits per heavy atom. The summed E-state index contributed by atoms with van der Waals surface area (Å²) >= 11 is 0. The van der Waals surface area contributed by atoms with Gasteiger partial charge in [-0.2, -0.15) is 0 Å². The molecular weight excluding hydrogens is 542 g/mol. The van der Waals surface area contributed by atoms with E-state index in [1.165, 1.54) is 55.3 Å². The van der Waals surface area contributed by atoms with Crippen molar-refractivity contribution in [3.8, 4) is 22.3 Å². The second-order valence-electron chi connectivity index (χ2n) is 12.1. The van der Waals surface area contributed by atoms with E-state index in [4.69, 9.17) is 4.99 Å². The van der Waals surface area contributed by atoms with Crippen LogP contribution in [0.4, 0.5) is 0 Å². The Kier molecular flexibility index (Phi) is 8.45. The number of fused-ring (bicyclic) bond motifs is 2. The maximum Gasteiger partial charge on any atom is 0.0372 e. The summed E-state index contributed by atoms with van der Waals surface area (Å²) < 4.78 is 0. The first-order valence-electron chi connectivity index (χ1n) is 15.6. The normalized spacial score (nSPS) is 16.5. The fourth-order valence-electron chi connectivity index (χ4n) is 6.42. The fraction of sp³-hybridized carbons (Fsp3) is 0.114. The summed E-state index contributed by atoms with van der Waals surface area (Å²) in [4.78, 5) is 4.78. The molecular formula is C44H39N. The minimum absolute atomic E-state index is 0.0981. The molecule has 45 heavy (non-hydrogen) atoms. The van der Waals surface area contributed by atoms with Gasteiger partial charge in [0.05, 0.1) is 0 Å². The highest BCUT2D eigenvalue weighted by Gasteiger charge is 2.37. The van der Waals surface area contributed by atoms with Crippen molar-refractivity contribution in [3.05, 3.63) is 180 Å². The molecule has 1 heteroatoms. The Bertz CT molecular complexity index is 2030. The smallest absolute Gasteiger partial charge is 0.0372 e. The first-order valence-corrected chi connectivity index (χ1v) is 15.6. The van der Waals surface area contributed by atoms with Crippen LogP contribution in [0.15, 0.2) is 168 Å². The SMILES string of the molecule is C=C\C(=C/C=C(C)/N=C/C=C1\C(=C/C)C(C)(C)c2cc(-c3ccc4ccccc4c3)ccc21)c1ccc(-c2ccccc2)cc1. The topological polar surface area (TPSA) is 12.4 Å². The third-order valence-corrected chi connectivity index (χ3v) is 8.89. The van der Waals surface area contributed by atoms with Gasteiger partial charge >= 0.3 is 0 Å². The van der Waals surface area contributed by atoms with Crippen LogP contribution in [-0.2, 0) is 5.41 Å². The van der Waals surface area contributed by atoms with Gasteiger partial charge in [-0.1, -0.05) is 142 Å². The lowest BCUT2D eigenvalue weighted by Gasteiger charge is -2.22. The molecule has 0 aromatic heterocycles. The Labute approximate surface area is 268 Å². The molecule has 0 N–H and O–H groups in total. The lowest BCUT2D eigenvalue weighted by molar-refractivity contribution is 0.660. The molecule has 0 heterocycles. The first-order chi connectivity index (χ1) is 21.9. The lowest BCUT2D eigenvalue weighted by Crippen LogP contribution is -2.15. The van der Waals surface area contributed by atoms with E-state index in [2.05, 4.69) is 161 Å². The quantitative estimate of drug-likeness (QED) is 0.134. The molecule has 1 aliphatic carbocycles. The van der Waals surface area contributed by atoms with E-state index < -0.39 is 0 Å². The van der Waals surface area contributed by atoms with Crippen molar-refractivity contribution in [3.63, 3.8) is 0 Å². The van der Waals surface area contributed by atoms with Gasteiger partial charge in [0.25, 0.3) is 0 Å². The van der Waals surface area contributed by atoms with E-state index in [-0.39, 0.29) is 5.41 Å². The third kappa shape index (κ3) is 6.08. The van der Waals surface area contributed by atoms with Crippen molar-refractivity contribution >= 4 is 28.1 Å². The van der Waals surface area contributed by atoms with E-state index in [1.807, 2.05) is 25.3 Å². The largest absolute Gasteiger partial charge is 0.262 e. The number of nitrogens with zero attached hydrogens (tertiary/aromatic N) is 1. The highest BCUT2D eigenvalue weighted by Crippen LogP contribution is 2.50. The molecule has 0 atom stereocenters. The van der Waals surface area contributed by atoms with Crippen LogP contribution >= 0.6 is 0 Å². The zero-order valence-corrected chi connectivity index (χ0v) is 26.6. The Morgan fingerprint density at radius 3 is 2.07 bits per heavy atom. The van der Waals surface area contributed by atoms with Crippen molar-refractivity contribution in [2.24, 2.45) is 4.99 Å². The van der Waals surface area contributed by atoms with E-state index in [0.717, 1.165) is 16.8 Å². The second-order valence-corrected chi connectivity index (χ2v) is 12.1. The maximum absolute atomic E-state index is 4.78. The van der Waals surface area contributed by atoms with Crippen LogP contribution in [0.25, 0.3) is 44.2 Å². The zero-order valence-electron chi connectivity index (χ0n) is 26.6. The molecule has 0 saturated heterocycles. The lowest BCUT2D eigenvalue weighted by atomic mass is 9.81. The van der Waals surface area contributed by atoms with Crippen molar-refractivity contribution in [1.29, 1.82) is 0 Å². The average Bonchev–Trinajstić information content (AvgIpc) is 3.29. The Morgan fingerprint density at radius 2 is 1.33 bits per heavy atom. The zero-order chi connectivity index (χ0) is 31.4. The molecule has 0 radical (unpaired) electrons. The molecule has 1 aliphatic rings. The van der Waals surface area contributed by atoms with E-state index in [9.17, 15) is 0 Å². The average molecular weight is 582 g/mol. The molecule has 0 bridgehead atoms. The van der Waals surface area contributed by atoms with E-state index in [1.54, 1.807) is 0 Å². The van der Waals surface area contributed by atoms with Crippen molar-refractivity contribution in [2.45, 2.75) is 33.1 Å². The molecule has 0 unspecified atom stereocenters. The maximum atomic E-state index is 4.78. The summed E-state index contributed by atoms with van der Waals surface area (Å²) in [5.41, 5.74) is 13.1. The summed E-state index contributed by atoms with van der Waals surface area (Å²) in [6, 6.07) is 41.2. The van der Waals surface area contributed by atoms with Crippen molar-refractivity contribution in [2.75, 3.05) is 0 Å². The van der Waals surface area contributed by atoms with Gasteiger partial charge in [0.1, 0.15) is 0 Å². The molecule has 0 fully saturated rings. The predicted octanol–water partition coefficient (Wildman–Crippen LogP) is 12.0. The molecule has 220 valence electrons. The highest BCUT2D eigenvalue weighted by molar-refractivity contribution is 5.98. The van der Waals surface area contributed by atoms with Crippen LogP contribution < -0.4 is 0 Å². The highest BCUT2D eigenvalue weighted by atomic mass is 14.7. The van der Waals surface area contributed by atoms with E-state index >= 15 is 0 Å². The van der Waals surface area contributed by atoms with Gasteiger partial charge in [-0.25, -0.2) is 0 Å². The van der Waals surface area contributed by atoms with Crippen LogP contribution in [-0.4, -0.2) is 6.21 Å². The van der Waals surface area contributed by atoms with Crippen LogP contribution in [0.5, 0.6) is 0 Å². The summed E-state index contributed by atoms with van der Waals surface area (Å²) in [6.45, 7) is 12.9. The van der Waals surface area contributed by atoms with Crippen LogP contribution in [0, 0.1) is 0 Å².